The van der Waals surface area contributed by atoms with Crippen LogP contribution in [0.5, 0.6) is 0 Å². The highest BCUT2D eigenvalue weighted by molar-refractivity contribution is 5.92. The van der Waals surface area contributed by atoms with E-state index in [0.29, 0.717) is 5.56 Å². The minimum absolute atomic E-state index is 0.0835. The fourth-order valence-electron chi connectivity index (χ4n) is 3.57. The molecule has 3 rings (SSSR count). The zero-order valence-corrected chi connectivity index (χ0v) is 16.7. The van der Waals surface area contributed by atoms with Gasteiger partial charge >= 0.3 is 0 Å². The molecule has 0 radical (unpaired) electrons. The minimum atomic E-state index is 0.0835. The summed E-state index contributed by atoms with van der Waals surface area (Å²) in [7, 11) is 0. The van der Waals surface area contributed by atoms with Gasteiger partial charge in [-0.25, -0.2) is 0 Å². The number of rotatable bonds is 4. The molecule has 1 amide bonds. The van der Waals surface area contributed by atoms with Crippen LogP contribution in [0.15, 0.2) is 48.5 Å². The fourth-order valence-corrected chi connectivity index (χ4v) is 3.57. The molecule has 4 heteroatoms. The summed E-state index contributed by atoms with van der Waals surface area (Å²) in [5.41, 5.74) is 5.40. The van der Waals surface area contributed by atoms with Gasteiger partial charge in [-0.2, -0.15) is 5.26 Å². The van der Waals surface area contributed by atoms with Crippen molar-refractivity contribution in [2.75, 3.05) is 26.2 Å². The lowest BCUT2D eigenvalue weighted by atomic mass is 10.1. The third-order valence-electron chi connectivity index (χ3n) is 5.22. The molecule has 0 aromatic heterocycles. The van der Waals surface area contributed by atoms with Gasteiger partial charge in [0, 0.05) is 38.8 Å². The van der Waals surface area contributed by atoms with Gasteiger partial charge in [-0.15, -0.1) is 0 Å². The zero-order valence-electron chi connectivity index (χ0n) is 16.7. The lowest BCUT2D eigenvalue weighted by molar-refractivity contribution is -0.125. The summed E-state index contributed by atoms with van der Waals surface area (Å²) in [5, 5.41) is 8.91. The molecule has 28 heavy (non-hydrogen) atoms. The SMILES string of the molecule is Cc1ccc(/C=C/C(=O)N2CCCN(Cc3ccc(C#N)cc3)CC2)c(C)c1. The van der Waals surface area contributed by atoms with Crippen LogP contribution in [0, 0.1) is 25.2 Å². The molecular formula is C24H27N3O. The average Bonchev–Trinajstić information content (AvgIpc) is 2.93. The summed E-state index contributed by atoms with van der Waals surface area (Å²) in [6.45, 7) is 8.38. The number of hydrogen-bond acceptors (Lipinski definition) is 3. The van der Waals surface area contributed by atoms with E-state index in [0.717, 1.165) is 44.7 Å². The van der Waals surface area contributed by atoms with Gasteiger partial charge in [-0.3, -0.25) is 9.69 Å². The Morgan fingerprint density at radius 3 is 2.57 bits per heavy atom. The highest BCUT2D eigenvalue weighted by atomic mass is 16.2. The molecule has 2 aromatic rings. The number of nitrogens with zero attached hydrogens (tertiary/aromatic N) is 3. The molecule has 1 aliphatic heterocycles. The second-order valence-corrected chi connectivity index (χ2v) is 7.46. The maximum absolute atomic E-state index is 12.6. The molecule has 0 saturated carbocycles. The lowest BCUT2D eigenvalue weighted by Gasteiger charge is -2.21. The second-order valence-electron chi connectivity index (χ2n) is 7.46. The van der Waals surface area contributed by atoms with Crippen molar-refractivity contribution in [1.29, 1.82) is 5.26 Å². The highest BCUT2D eigenvalue weighted by Crippen LogP contribution is 2.14. The van der Waals surface area contributed by atoms with Crippen molar-refractivity contribution < 1.29 is 4.79 Å². The average molecular weight is 374 g/mol. The molecular weight excluding hydrogens is 346 g/mol. The maximum Gasteiger partial charge on any atom is 0.246 e. The predicted molar refractivity (Wildman–Crippen MR) is 113 cm³/mol. The van der Waals surface area contributed by atoms with E-state index in [9.17, 15) is 4.79 Å². The first-order valence-electron chi connectivity index (χ1n) is 9.81. The van der Waals surface area contributed by atoms with Crippen LogP contribution in [0.25, 0.3) is 6.08 Å². The van der Waals surface area contributed by atoms with Crippen LogP contribution in [0.3, 0.4) is 0 Å². The van der Waals surface area contributed by atoms with Gasteiger partial charge in [0.1, 0.15) is 0 Å². The van der Waals surface area contributed by atoms with Crippen molar-refractivity contribution in [2.24, 2.45) is 0 Å². The monoisotopic (exact) mass is 373 g/mol. The van der Waals surface area contributed by atoms with Crippen molar-refractivity contribution >= 4 is 12.0 Å². The topological polar surface area (TPSA) is 47.3 Å². The molecule has 0 bridgehead atoms. The summed E-state index contributed by atoms with van der Waals surface area (Å²) < 4.78 is 0. The summed E-state index contributed by atoms with van der Waals surface area (Å²) in [6.07, 6.45) is 4.60. The minimum Gasteiger partial charge on any atom is -0.338 e. The third-order valence-corrected chi connectivity index (χ3v) is 5.22. The van der Waals surface area contributed by atoms with Crippen LogP contribution in [0.1, 0.15) is 34.2 Å². The predicted octanol–water partition coefficient (Wildman–Crippen LogP) is 3.92. The van der Waals surface area contributed by atoms with E-state index in [1.165, 1.54) is 16.7 Å². The van der Waals surface area contributed by atoms with E-state index in [4.69, 9.17) is 5.26 Å². The Labute approximate surface area is 167 Å². The Morgan fingerprint density at radius 1 is 1.07 bits per heavy atom. The van der Waals surface area contributed by atoms with Crippen LogP contribution < -0.4 is 0 Å². The third kappa shape index (κ3) is 5.31. The van der Waals surface area contributed by atoms with Crippen LogP contribution in [-0.2, 0) is 11.3 Å². The molecule has 1 aliphatic rings. The summed E-state index contributed by atoms with van der Waals surface area (Å²) >= 11 is 0. The van der Waals surface area contributed by atoms with Crippen LogP contribution in [0.2, 0.25) is 0 Å². The normalized spacial score (nSPS) is 15.4. The fraction of sp³-hybridized carbons (Fsp3) is 0.333. The van der Waals surface area contributed by atoms with E-state index in [1.807, 2.05) is 35.2 Å². The van der Waals surface area contributed by atoms with Crippen molar-refractivity contribution in [3.63, 3.8) is 0 Å². The number of aryl methyl sites for hydroxylation is 2. The molecule has 0 spiro atoms. The van der Waals surface area contributed by atoms with E-state index in [-0.39, 0.29) is 5.91 Å². The van der Waals surface area contributed by atoms with Crippen molar-refractivity contribution in [1.82, 2.24) is 9.80 Å². The van der Waals surface area contributed by atoms with Crippen molar-refractivity contribution in [3.05, 3.63) is 76.4 Å². The largest absolute Gasteiger partial charge is 0.338 e. The van der Waals surface area contributed by atoms with E-state index < -0.39 is 0 Å². The Morgan fingerprint density at radius 2 is 1.86 bits per heavy atom. The number of benzene rings is 2. The van der Waals surface area contributed by atoms with Gasteiger partial charge < -0.3 is 4.90 Å². The van der Waals surface area contributed by atoms with Crippen molar-refractivity contribution in [2.45, 2.75) is 26.8 Å². The first kappa shape index (κ1) is 19.9. The maximum atomic E-state index is 12.6. The summed E-state index contributed by atoms with van der Waals surface area (Å²) in [4.78, 5) is 16.9. The Kier molecular flexibility index (Phi) is 6.62. The lowest BCUT2D eigenvalue weighted by Crippen LogP contribution is -2.34. The molecule has 144 valence electrons. The molecule has 1 heterocycles. The second kappa shape index (κ2) is 9.34. The number of hydrogen-bond donors (Lipinski definition) is 0. The molecule has 4 nitrogen and oxygen atoms in total. The first-order chi connectivity index (χ1) is 13.5. The zero-order chi connectivity index (χ0) is 19.9. The molecule has 1 saturated heterocycles. The molecule has 0 N–H and O–H groups in total. The van der Waals surface area contributed by atoms with Gasteiger partial charge in [-0.1, -0.05) is 35.9 Å². The number of carbonyl (C=O) groups excluding carboxylic acids is 1. The van der Waals surface area contributed by atoms with Gasteiger partial charge in [-0.05, 0) is 55.2 Å². The van der Waals surface area contributed by atoms with Gasteiger partial charge in [0.2, 0.25) is 5.91 Å². The quantitative estimate of drug-likeness (QED) is 0.763. The first-order valence-corrected chi connectivity index (χ1v) is 9.81. The highest BCUT2D eigenvalue weighted by Gasteiger charge is 2.17. The van der Waals surface area contributed by atoms with Gasteiger partial charge in [0.25, 0.3) is 0 Å². The summed E-state index contributed by atoms with van der Waals surface area (Å²) in [6, 6.07) is 16.2. The molecule has 2 aromatic carbocycles. The Balaban J connectivity index is 1.55. The molecule has 0 aliphatic carbocycles. The number of carbonyl (C=O) groups is 1. The van der Waals surface area contributed by atoms with Gasteiger partial charge in [0.05, 0.1) is 11.6 Å². The Bertz CT molecular complexity index is 893. The smallest absolute Gasteiger partial charge is 0.246 e. The molecule has 0 atom stereocenters. The Hall–Kier alpha value is -2.90. The number of amides is 1. The van der Waals surface area contributed by atoms with Gasteiger partial charge in [0.15, 0.2) is 0 Å². The molecule has 1 fully saturated rings. The van der Waals surface area contributed by atoms with Crippen LogP contribution >= 0.6 is 0 Å². The van der Waals surface area contributed by atoms with E-state index in [1.54, 1.807) is 6.08 Å². The standard InChI is InChI=1S/C24H27N3O/c1-19-4-9-23(20(2)16-19)10-11-24(28)27-13-3-12-26(14-15-27)18-22-7-5-21(17-25)6-8-22/h4-11,16H,3,12-15,18H2,1-2H3/b11-10+. The van der Waals surface area contributed by atoms with Crippen LogP contribution in [-0.4, -0.2) is 41.9 Å². The number of nitriles is 1. The van der Waals surface area contributed by atoms with Crippen LogP contribution in [0.4, 0.5) is 0 Å². The molecule has 0 unspecified atom stereocenters. The summed E-state index contributed by atoms with van der Waals surface area (Å²) in [5.74, 6) is 0.0835. The van der Waals surface area contributed by atoms with Crippen molar-refractivity contribution in [3.8, 4) is 6.07 Å². The van der Waals surface area contributed by atoms with E-state index >= 15 is 0 Å². The van der Waals surface area contributed by atoms with E-state index in [2.05, 4.69) is 43.0 Å².